The van der Waals surface area contributed by atoms with Gasteiger partial charge in [-0.3, -0.25) is 0 Å². The third-order valence-electron chi connectivity index (χ3n) is 3.73. The average molecular weight is 548 g/mol. The third-order valence-corrected chi connectivity index (χ3v) is 4.98. The molecule has 2 rings (SSSR count). The van der Waals surface area contributed by atoms with Crippen LogP contribution in [-0.4, -0.2) is 24.3 Å². The van der Waals surface area contributed by atoms with E-state index in [0.717, 1.165) is 41.4 Å². The van der Waals surface area contributed by atoms with Gasteiger partial charge in [-0.25, -0.2) is 4.99 Å². The Balaban J connectivity index is 2.26. The normalized spacial score (nSPS) is 11.1. The van der Waals surface area contributed by atoms with E-state index in [1.54, 1.807) is 0 Å². The van der Waals surface area contributed by atoms with Gasteiger partial charge in [0.1, 0.15) is 11.5 Å². The van der Waals surface area contributed by atoms with Crippen LogP contribution in [0.25, 0.3) is 0 Å². The van der Waals surface area contributed by atoms with E-state index >= 15 is 0 Å². The van der Waals surface area contributed by atoms with Crippen molar-refractivity contribution in [3.63, 3.8) is 0 Å². The van der Waals surface area contributed by atoms with Crippen LogP contribution in [0.2, 0.25) is 0 Å². The maximum absolute atomic E-state index is 6.10. The van der Waals surface area contributed by atoms with Gasteiger partial charge in [0.2, 0.25) is 0 Å². The van der Waals surface area contributed by atoms with Crippen molar-refractivity contribution in [1.29, 1.82) is 0 Å². The standard InChI is InChI=1S/C19H22I2N2O/c1-5-23(6-2)12-22-18-7-14(4)19(8-13(18)3)24-17-10-15(20)9-16(21)11-17/h7-12H,5-6H2,1-4H3/b22-12+. The summed E-state index contributed by atoms with van der Waals surface area (Å²) in [6.45, 7) is 10.3. The summed E-state index contributed by atoms with van der Waals surface area (Å²) in [7, 11) is 0. The zero-order chi connectivity index (χ0) is 17.7. The molecule has 0 aliphatic carbocycles. The lowest BCUT2D eigenvalue weighted by molar-refractivity contribution is 0.477. The molecular formula is C19H22I2N2O. The fourth-order valence-corrected chi connectivity index (χ4v) is 4.15. The lowest BCUT2D eigenvalue weighted by Gasteiger charge is -2.15. The molecule has 0 bridgehead atoms. The first-order valence-corrected chi connectivity index (χ1v) is 10.1. The topological polar surface area (TPSA) is 24.8 Å². The molecule has 0 radical (unpaired) electrons. The summed E-state index contributed by atoms with van der Waals surface area (Å²) in [5.41, 5.74) is 3.18. The quantitative estimate of drug-likeness (QED) is 0.241. The third kappa shape index (κ3) is 5.34. The number of benzene rings is 2. The van der Waals surface area contributed by atoms with E-state index < -0.39 is 0 Å². The fraction of sp³-hybridized carbons (Fsp3) is 0.316. The van der Waals surface area contributed by atoms with Crippen molar-refractivity contribution >= 4 is 57.2 Å². The Hall–Kier alpha value is -0.830. The molecule has 0 N–H and O–H groups in total. The minimum atomic E-state index is 0.869. The molecule has 0 heterocycles. The Morgan fingerprint density at radius 3 is 2.17 bits per heavy atom. The van der Waals surface area contributed by atoms with Crippen molar-refractivity contribution in [3.8, 4) is 11.5 Å². The molecule has 0 saturated heterocycles. The van der Waals surface area contributed by atoms with Gasteiger partial charge in [-0.2, -0.15) is 0 Å². The molecule has 0 aliphatic heterocycles. The molecule has 0 spiro atoms. The Morgan fingerprint density at radius 2 is 1.58 bits per heavy atom. The predicted octanol–water partition coefficient (Wildman–Crippen LogP) is 6.31. The minimum absolute atomic E-state index is 0.869. The second kappa shape index (κ2) is 9.03. The molecule has 0 atom stereocenters. The molecule has 0 aliphatic rings. The smallest absolute Gasteiger partial charge is 0.130 e. The lowest BCUT2D eigenvalue weighted by Crippen LogP contribution is -2.20. The molecule has 128 valence electrons. The first-order valence-electron chi connectivity index (χ1n) is 7.96. The molecule has 0 unspecified atom stereocenters. The first kappa shape index (κ1) is 19.5. The van der Waals surface area contributed by atoms with Gasteiger partial charge in [0.25, 0.3) is 0 Å². The van der Waals surface area contributed by atoms with E-state index in [1.807, 2.05) is 18.5 Å². The highest BCUT2D eigenvalue weighted by molar-refractivity contribution is 14.1. The first-order chi connectivity index (χ1) is 11.4. The average Bonchev–Trinajstić information content (AvgIpc) is 2.51. The number of hydrogen-bond acceptors (Lipinski definition) is 2. The van der Waals surface area contributed by atoms with Gasteiger partial charge in [-0.15, -0.1) is 0 Å². The molecule has 2 aromatic carbocycles. The van der Waals surface area contributed by atoms with Gasteiger partial charge in [-0.05, 0) is 114 Å². The summed E-state index contributed by atoms with van der Waals surface area (Å²) in [4.78, 5) is 6.80. The number of hydrogen-bond donors (Lipinski definition) is 0. The van der Waals surface area contributed by atoms with Crippen LogP contribution in [0.5, 0.6) is 11.5 Å². The van der Waals surface area contributed by atoms with Crippen LogP contribution in [-0.2, 0) is 0 Å². The van der Waals surface area contributed by atoms with E-state index in [-0.39, 0.29) is 0 Å². The largest absolute Gasteiger partial charge is 0.457 e. The number of nitrogens with zero attached hydrogens (tertiary/aromatic N) is 2. The highest BCUT2D eigenvalue weighted by Crippen LogP contribution is 2.32. The summed E-state index contributed by atoms with van der Waals surface area (Å²) in [5, 5.41) is 0. The summed E-state index contributed by atoms with van der Waals surface area (Å²) in [6, 6.07) is 10.4. The van der Waals surface area contributed by atoms with Crippen molar-refractivity contribution in [2.24, 2.45) is 4.99 Å². The Bertz CT molecular complexity index is 720. The molecule has 0 fully saturated rings. The van der Waals surface area contributed by atoms with Crippen molar-refractivity contribution in [2.75, 3.05) is 13.1 Å². The maximum atomic E-state index is 6.10. The van der Waals surface area contributed by atoms with E-state index in [2.05, 4.69) is 101 Å². The number of ether oxygens (including phenoxy) is 1. The molecule has 2 aromatic rings. The zero-order valence-corrected chi connectivity index (χ0v) is 18.8. The Morgan fingerprint density at radius 1 is 0.958 bits per heavy atom. The fourth-order valence-electron chi connectivity index (χ4n) is 2.27. The van der Waals surface area contributed by atoms with Gasteiger partial charge in [0.15, 0.2) is 0 Å². The molecule has 0 saturated carbocycles. The van der Waals surface area contributed by atoms with Crippen molar-refractivity contribution in [2.45, 2.75) is 27.7 Å². The molecule has 24 heavy (non-hydrogen) atoms. The van der Waals surface area contributed by atoms with Gasteiger partial charge in [-0.1, -0.05) is 0 Å². The molecule has 3 nitrogen and oxygen atoms in total. The van der Waals surface area contributed by atoms with Crippen LogP contribution in [0.3, 0.4) is 0 Å². The van der Waals surface area contributed by atoms with Crippen LogP contribution >= 0.6 is 45.2 Å². The Kier molecular flexibility index (Phi) is 7.34. The van der Waals surface area contributed by atoms with Crippen LogP contribution in [0.4, 0.5) is 5.69 Å². The molecular weight excluding hydrogens is 526 g/mol. The van der Waals surface area contributed by atoms with Gasteiger partial charge >= 0.3 is 0 Å². The highest BCUT2D eigenvalue weighted by Gasteiger charge is 2.07. The predicted molar refractivity (Wildman–Crippen MR) is 119 cm³/mol. The summed E-state index contributed by atoms with van der Waals surface area (Å²) in [5.74, 6) is 1.75. The second-order valence-electron chi connectivity index (χ2n) is 5.58. The zero-order valence-electron chi connectivity index (χ0n) is 14.4. The van der Waals surface area contributed by atoms with Gasteiger partial charge < -0.3 is 9.64 Å². The number of halogens is 2. The molecule has 0 aromatic heterocycles. The summed E-state index contributed by atoms with van der Waals surface area (Å²) in [6.07, 6.45) is 1.92. The van der Waals surface area contributed by atoms with Gasteiger partial charge in [0, 0.05) is 20.2 Å². The summed E-state index contributed by atoms with van der Waals surface area (Å²) < 4.78 is 8.44. The van der Waals surface area contributed by atoms with Crippen molar-refractivity contribution in [3.05, 3.63) is 48.6 Å². The van der Waals surface area contributed by atoms with E-state index in [1.165, 1.54) is 7.14 Å². The van der Waals surface area contributed by atoms with Crippen LogP contribution in [0.15, 0.2) is 35.3 Å². The molecule has 5 heteroatoms. The molecule has 0 amide bonds. The summed E-state index contributed by atoms with van der Waals surface area (Å²) >= 11 is 4.62. The van der Waals surface area contributed by atoms with Crippen LogP contribution in [0.1, 0.15) is 25.0 Å². The monoisotopic (exact) mass is 548 g/mol. The maximum Gasteiger partial charge on any atom is 0.130 e. The van der Waals surface area contributed by atoms with Crippen LogP contribution < -0.4 is 4.74 Å². The van der Waals surface area contributed by atoms with E-state index in [4.69, 9.17) is 4.74 Å². The Labute approximate surface area is 171 Å². The number of rotatable bonds is 6. The minimum Gasteiger partial charge on any atom is -0.457 e. The van der Waals surface area contributed by atoms with E-state index in [0.29, 0.717) is 0 Å². The van der Waals surface area contributed by atoms with Crippen molar-refractivity contribution in [1.82, 2.24) is 4.90 Å². The second-order valence-corrected chi connectivity index (χ2v) is 8.07. The van der Waals surface area contributed by atoms with Crippen LogP contribution in [0, 0.1) is 21.0 Å². The highest BCUT2D eigenvalue weighted by atomic mass is 127. The number of aliphatic imine (C=N–C) groups is 1. The number of aryl methyl sites for hydroxylation is 2. The lowest BCUT2D eigenvalue weighted by atomic mass is 10.1. The van der Waals surface area contributed by atoms with E-state index in [9.17, 15) is 0 Å². The van der Waals surface area contributed by atoms with Crippen molar-refractivity contribution < 1.29 is 4.74 Å². The van der Waals surface area contributed by atoms with Gasteiger partial charge in [0.05, 0.1) is 12.0 Å². The SMILES string of the molecule is CCN(/C=N/c1cc(C)c(Oc2cc(I)cc(I)c2)cc1C)CC.